The van der Waals surface area contributed by atoms with Crippen LogP contribution in [-0.2, 0) is 19.3 Å². The summed E-state index contributed by atoms with van der Waals surface area (Å²) in [7, 11) is 0. The molecule has 2 aromatic heterocycles. The van der Waals surface area contributed by atoms with Crippen LogP contribution >= 0.6 is 0 Å². The molecule has 1 atom stereocenters. The number of carbonyl (C=O) groups excluding carboxylic acids is 1. The SMILES string of the molecule is C[C@@H](Cc1ccco1)NC(=O)c1ccc(-n2c(-c3ccc(F)cc3)cc3c2CCCCC3)cc1. The molecule has 0 unspecified atom stereocenters. The predicted octanol–water partition coefficient (Wildman–Crippen LogP) is 6.51. The zero-order valence-electron chi connectivity index (χ0n) is 19.4. The van der Waals surface area contributed by atoms with E-state index in [-0.39, 0.29) is 17.8 Å². The van der Waals surface area contributed by atoms with Gasteiger partial charge in [0, 0.05) is 29.4 Å². The monoisotopic (exact) mass is 456 g/mol. The number of nitrogens with zero attached hydrogens (tertiary/aromatic N) is 1. The molecule has 2 aromatic carbocycles. The maximum atomic E-state index is 13.6. The van der Waals surface area contributed by atoms with E-state index in [9.17, 15) is 9.18 Å². The molecule has 0 saturated carbocycles. The average Bonchev–Trinajstić information content (AvgIpc) is 3.41. The van der Waals surface area contributed by atoms with Crippen LogP contribution in [0, 0.1) is 5.82 Å². The third-order valence-electron chi connectivity index (χ3n) is 6.54. The van der Waals surface area contributed by atoms with Gasteiger partial charge in [-0.15, -0.1) is 0 Å². The number of nitrogens with one attached hydrogen (secondary N) is 1. The third-order valence-corrected chi connectivity index (χ3v) is 6.54. The van der Waals surface area contributed by atoms with Gasteiger partial charge in [-0.05, 0) is 110 Å². The summed E-state index contributed by atoms with van der Waals surface area (Å²) in [6.45, 7) is 1.97. The minimum atomic E-state index is -0.236. The highest BCUT2D eigenvalue weighted by Gasteiger charge is 2.20. The highest BCUT2D eigenvalue weighted by molar-refractivity contribution is 5.94. The molecule has 1 aliphatic rings. The van der Waals surface area contributed by atoms with Crippen molar-refractivity contribution in [3.63, 3.8) is 0 Å². The number of furan rings is 1. The molecule has 1 amide bonds. The lowest BCUT2D eigenvalue weighted by Gasteiger charge is -2.16. The maximum absolute atomic E-state index is 13.6. The van der Waals surface area contributed by atoms with E-state index >= 15 is 0 Å². The summed E-state index contributed by atoms with van der Waals surface area (Å²) >= 11 is 0. The van der Waals surface area contributed by atoms with E-state index < -0.39 is 0 Å². The molecular weight excluding hydrogens is 427 g/mol. The van der Waals surface area contributed by atoms with Crippen molar-refractivity contribution in [2.24, 2.45) is 0 Å². The number of fused-ring (bicyclic) bond motifs is 1. The molecule has 4 nitrogen and oxygen atoms in total. The smallest absolute Gasteiger partial charge is 0.251 e. The predicted molar refractivity (Wildman–Crippen MR) is 132 cm³/mol. The Morgan fingerprint density at radius 1 is 1.03 bits per heavy atom. The number of hydrogen-bond donors (Lipinski definition) is 1. The van der Waals surface area contributed by atoms with E-state index in [1.54, 1.807) is 6.26 Å². The molecule has 5 heteroatoms. The molecule has 0 bridgehead atoms. The second-order valence-corrected chi connectivity index (χ2v) is 9.11. The van der Waals surface area contributed by atoms with Gasteiger partial charge in [0.15, 0.2) is 0 Å². The van der Waals surface area contributed by atoms with Gasteiger partial charge in [-0.25, -0.2) is 4.39 Å². The molecule has 0 saturated heterocycles. The first-order chi connectivity index (χ1) is 16.6. The van der Waals surface area contributed by atoms with Crippen molar-refractivity contribution in [3.8, 4) is 16.9 Å². The third kappa shape index (κ3) is 4.69. The number of aromatic nitrogens is 1. The van der Waals surface area contributed by atoms with Gasteiger partial charge in [-0.2, -0.15) is 0 Å². The first-order valence-corrected chi connectivity index (χ1v) is 12.0. The molecule has 1 aliphatic carbocycles. The molecule has 34 heavy (non-hydrogen) atoms. The number of rotatable bonds is 6. The van der Waals surface area contributed by atoms with Crippen molar-refractivity contribution in [1.29, 1.82) is 0 Å². The Morgan fingerprint density at radius 3 is 2.53 bits per heavy atom. The molecular formula is C29H29FN2O2. The lowest BCUT2D eigenvalue weighted by Crippen LogP contribution is -2.33. The van der Waals surface area contributed by atoms with Crippen LogP contribution in [0.15, 0.2) is 77.4 Å². The van der Waals surface area contributed by atoms with Gasteiger partial charge < -0.3 is 14.3 Å². The van der Waals surface area contributed by atoms with Crippen molar-refractivity contribution in [2.75, 3.05) is 0 Å². The molecule has 0 aliphatic heterocycles. The summed E-state index contributed by atoms with van der Waals surface area (Å²) in [5, 5.41) is 3.05. The van der Waals surface area contributed by atoms with Crippen molar-refractivity contribution in [2.45, 2.75) is 51.5 Å². The topological polar surface area (TPSA) is 47.2 Å². The largest absolute Gasteiger partial charge is 0.469 e. The van der Waals surface area contributed by atoms with Gasteiger partial charge in [-0.1, -0.05) is 6.42 Å². The van der Waals surface area contributed by atoms with E-state index in [0.717, 1.165) is 42.0 Å². The second-order valence-electron chi connectivity index (χ2n) is 9.11. The van der Waals surface area contributed by atoms with E-state index in [2.05, 4.69) is 16.0 Å². The standard InChI is InChI=1S/C29H29FN2O2/c1-20(18-26-7-5-17-34-26)31-29(33)22-11-15-25(16-12-22)32-27-8-4-2-3-6-23(27)19-28(32)21-9-13-24(30)14-10-21/h5,7,9-17,19-20H,2-4,6,8,18H2,1H3,(H,31,33)/t20-/m0/s1. The van der Waals surface area contributed by atoms with Crippen molar-refractivity contribution in [3.05, 3.63) is 101 Å². The zero-order chi connectivity index (χ0) is 23.5. The number of hydrogen-bond acceptors (Lipinski definition) is 2. The molecule has 5 rings (SSSR count). The molecule has 174 valence electrons. The summed E-state index contributed by atoms with van der Waals surface area (Å²) in [4.78, 5) is 12.8. The molecule has 0 fully saturated rings. The Morgan fingerprint density at radius 2 is 1.79 bits per heavy atom. The van der Waals surface area contributed by atoms with Crippen LogP contribution in [0.2, 0.25) is 0 Å². The quantitative estimate of drug-likeness (QED) is 0.336. The van der Waals surface area contributed by atoms with Crippen molar-refractivity contribution in [1.82, 2.24) is 9.88 Å². The van der Waals surface area contributed by atoms with Gasteiger partial charge in [0.05, 0.1) is 12.0 Å². The van der Waals surface area contributed by atoms with Gasteiger partial charge in [0.25, 0.3) is 5.91 Å². The van der Waals surface area contributed by atoms with Gasteiger partial charge in [-0.3, -0.25) is 4.79 Å². The minimum Gasteiger partial charge on any atom is -0.469 e. The van der Waals surface area contributed by atoms with Crippen LogP contribution in [0.4, 0.5) is 4.39 Å². The zero-order valence-corrected chi connectivity index (χ0v) is 19.4. The lowest BCUT2D eigenvalue weighted by atomic mass is 10.1. The Labute approximate surface area is 199 Å². The van der Waals surface area contributed by atoms with Gasteiger partial charge in [0.2, 0.25) is 0 Å². The van der Waals surface area contributed by atoms with E-state index in [1.165, 1.54) is 36.2 Å². The molecule has 0 radical (unpaired) electrons. The fourth-order valence-electron chi connectivity index (χ4n) is 4.85. The number of carbonyl (C=O) groups is 1. The first kappa shape index (κ1) is 22.2. The fraction of sp³-hybridized carbons (Fsp3) is 0.276. The minimum absolute atomic E-state index is 0.0383. The lowest BCUT2D eigenvalue weighted by molar-refractivity contribution is 0.0939. The van der Waals surface area contributed by atoms with Crippen LogP contribution in [0.3, 0.4) is 0 Å². The fourth-order valence-corrected chi connectivity index (χ4v) is 4.85. The Hall–Kier alpha value is -3.60. The van der Waals surface area contributed by atoms with Crippen LogP contribution in [0.1, 0.15) is 53.6 Å². The van der Waals surface area contributed by atoms with Crippen LogP contribution in [0.5, 0.6) is 0 Å². The van der Waals surface area contributed by atoms with Crippen molar-refractivity contribution >= 4 is 5.91 Å². The van der Waals surface area contributed by atoms with Gasteiger partial charge in [0.1, 0.15) is 11.6 Å². The summed E-state index contributed by atoms with van der Waals surface area (Å²) in [6.07, 6.45) is 7.95. The molecule has 0 spiro atoms. The Kier molecular flexibility index (Phi) is 6.35. The molecule has 4 aromatic rings. The maximum Gasteiger partial charge on any atom is 0.251 e. The normalized spacial score (nSPS) is 14.3. The molecule has 2 heterocycles. The first-order valence-electron chi connectivity index (χ1n) is 12.0. The number of aryl methyl sites for hydroxylation is 1. The van der Waals surface area contributed by atoms with E-state index in [1.807, 2.05) is 55.5 Å². The Balaban J connectivity index is 1.42. The van der Waals surface area contributed by atoms with E-state index in [0.29, 0.717) is 12.0 Å². The van der Waals surface area contributed by atoms with Gasteiger partial charge >= 0.3 is 0 Å². The number of benzene rings is 2. The van der Waals surface area contributed by atoms with Crippen LogP contribution < -0.4 is 5.32 Å². The summed E-state index contributed by atoms with van der Waals surface area (Å²) in [5.74, 6) is 0.514. The highest BCUT2D eigenvalue weighted by atomic mass is 19.1. The number of amides is 1. The second kappa shape index (κ2) is 9.72. The summed E-state index contributed by atoms with van der Waals surface area (Å²) in [5.41, 5.74) is 6.38. The average molecular weight is 457 g/mol. The Bertz CT molecular complexity index is 1250. The van der Waals surface area contributed by atoms with Crippen LogP contribution in [0.25, 0.3) is 16.9 Å². The summed E-state index contributed by atoms with van der Waals surface area (Å²) < 4.78 is 21.2. The van der Waals surface area contributed by atoms with Crippen molar-refractivity contribution < 1.29 is 13.6 Å². The molecule has 1 N–H and O–H groups in total. The highest BCUT2D eigenvalue weighted by Crippen LogP contribution is 2.33. The summed E-state index contributed by atoms with van der Waals surface area (Å²) in [6, 6.07) is 20.4. The van der Waals surface area contributed by atoms with E-state index in [4.69, 9.17) is 4.42 Å². The number of halogens is 1. The van der Waals surface area contributed by atoms with Crippen LogP contribution in [-0.4, -0.2) is 16.5 Å².